The fraction of sp³-hybridized carbons (Fsp3) is 0. The van der Waals surface area contributed by atoms with E-state index in [4.69, 9.17) is 9.35 Å². The van der Waals surface area contributed by atoms with E-state index in [0.29, 0.717) is 0 Å². The molecule has 0 saturated carbocycles. The lowest BCUT2D eigenvalue weighted by molar-refractivity contribution is 0.689. The van der Waals surface area contributed by atoms with Gasteiger partial charge in [0.15, 0.2) is 0 Å². The zero-order valence-corrected chi connectivity index (χ0v) is 2.71. The Hall–Kier alpha value is 0.0700. The molecule has 0 spiro atoms. The highest BCUT2D eigenvalue weighted by molar-refractivity contribution is 7.84. The lowest BCUT2D eigenvalue weighted by Gasteiger charge is -1.80. The highest BCUT2D eigenvalue weighted by Gasteiger charge is 1.40. The zero-order chi connectivity index (χ0) is 3.58. The molecule has 0 aliphatic carbocycles. The summed E-state index contributed by atoms with van der Waals surface area (Å²) < 4.78 is 9.00. The van der Waals surface area contributed by atoms with Crippen LogP contribution in [-0.4, -0.2) is 4.21 Å². The van der Waals surface area contributed by atoms with Crippen LogP contribution in [0.2, 0.25) is 0 Å². The molecule has 0 fully saturated rings. The molecule has 0 rings (SSSR count). The largest absolute Gasteiger partial charge is 0.578 e. The van der Waals surface area contributed by atoms with Crippen LogP contribution in [0.4, 0.5) is 0 Å². The van der Waals surface area contributed by atoms with E-state index in [9.17, 15) is 0 Å². The molecular formula is H3N2OS-. The van der Waals surface area contributed by atoms with Crippen LogP contribution in [0.15, 0.2) is 0 Å². The van der Waals surface area contributed by atoms with E-state index in [1.807, 2.05) is 0 Å². The van der Waals surface area contributed by atoms with Crippen molar-refractivity contribution >= 4 is 11.2 Å². The molecule has 0 aliphatic heterocycles. The van der Waals surface area contributed by atoms with E-state index >= 15 is 0 Å². The molecule has 1 atom stereocenters. The van der Waals surface area contributed by atoms with Crippen molar-refractivity contribution in [2.75, 3.05) is 0 Å². The third-order valence-corrected chi connectivity index (χ3v) is 0. The van der Waals surface area contributed by atoms with Gasteiger partial charge in [-0.1, -0.05) is 0 Å². The highest BCUT2D eigenvalue weighted by Crippen LogP contribution is 1.50. The fourth-order valence-electron chi connectivity index (χ4n) is 0. The third-order valence-electron chi connectivity index (χ3n) is 0. The van der Waals surface area contributed by atoms with Crippen molar-refractivity contribution in [1.29, 1.82) is 0 Å². The summed E-state index contributed by atoms with van der Waals surface area (Å²) in [5.74, 6) is 0. The normalized spacial score (nSPS) is 15.5. The minimum Gasteiger partial charge on any atom is -0.578 e. The Balaban J connectivity index is 2.80. The summed E-state index contributed by atoms with van der Waals surface area (Å²) in [4.78, 5) is 0. The van der Waals surface area contributed by atoms with Gasteiger partial charge in [-0.15, -0.1) is 0 Å². The highest BCUT2D eigenvalue weighted by atomic mass is 32.2. The molecule has 4 heavy (non-hydrogen) atoms. The lowest BCUT2D eigenvalue weighted by Crippen LogP contribution is -1.90. The van der Waals surface area contributed by atoms with Crippen molar-refractivity contribution in [3.8, 4) is 0 Å². The maximum atomic E-state index is 9.00. The Labute approximate surface area is 26.7 Å². The van der Waals surface area contributed by atoms with E-state index in [2.05, 4.69) is 5.14 Å². The number of nitrogens with two attached hydrogens (primary N) is 1. The molecule has 0 heterocycles. The van der Waals surface area contributed by atoms with Crippen LogP contribution < -0.4 is 5.14 Å². The van der Waals surface area contributed by atoms with Gasteiger partial charge in [-0.2, -0.15) is 0 Å². The second-order valence-corrected chi connectivity index (χ2v) is 0.892. The molecule has 0 aromatic heterocycles. The summed E-state index contributed by atoms with van der Waals surface area (Å²) in [6, 6.07) is 0. The Morgan fingerprint density at radius 1 is 2.00 bits per heavy atom. The molecule has 0 aromatic rings. The summed E-state index contributed by atoms with van der Waals surface area (Å²) >= 11 is -1.86. The summed E-state index contributed by atoms with van der Waals surface area (Å²) in [6.45, 7) is 0. The van der Waals surface area contributed by atoms with Gasteiger partial charge < -0.3 is 5.14 Å². The Morgan fingerprint density at radius 3 is 2.00 bits per heavy atom. The standard InChI is InChI=1S/H3N2OS/c1-4(2)3/h1H,2H2/q-1. The first-order valence-corrected chi connectivity index (χ1v) is 1.82. The minimum absolute atomic E-state index is 1.86. The molecule has 26 valence electrons. The average Bonchev–Trinajstić information content (AvgIpc) is 0.811. The van der Waals surface area contributed by atoms with Crippen molar-refractivity contribution in [3.63, 3.8) is 0 Å². The van der Waals surface area contributed by atoms with Gasteiger partial charge >= 0.3 is 0 Å². The maximum absolute atomic E-state index is 9.00. The van der Waals surface area contributed by atoms with Crippen LogP contribution in [0.1, 0.15) is 0 Å². The first-order valence-electron chi connectivity index (χ1n) is 0.606. The molecule has 0 aromatic carbocycles. The van der Waals surface area contributed by atoms with E-state index in [0.717, 1.165) is 0 Å². The van der Waals surface area contributed by atoms with E-state index in [-0.39, 0.29) is 0 Å². The second kappa shape index (κ2) is 1.40. The van der Waals surface area contributed by atoms with Crippen molar-refractivity contribution in [3.05, 3.63) is 5.14 Å². The Kier molecular flexibility index (Phi) is 1.42. The molecular weight excluding hydrogens is 76.1 g/mol. The first-order chi connectivity index (χ1) is 1.73. The lowest BCUT2D eigenvalue weighted by atomic mass is 13.9. The van der Waals surface area contributed by atoms with Crippen LogP contribution in [0.3, 0.4) is 0 Å². The molecule has 3 N–H and O–H groups in total. The molecule has 0 bridgehead atoms. The average molecular weight is 79.1 g/mol. The van der Waals surface area contributed by atoms with Gasteiger partial charge in [-0.3, -0.25) is 9.35 Å². The molecule has 0 amide bonds. The van der Waals surface area contributed by atoms with Gasteiger partial charge in [-0.05, 0) is 11.2 Å². The predicted octanol–water partition coefficient (Wildman–Crippen LogP) is -0.424. The molecule has 0 radical (unpaired) electrons. The van der Waals surface area contributed by atoms with Gasteiger partial charge in [0.1, 0.15) is 0 Å². The Bertz CT molecular complexity index is 29.0. The van der Waals surface area contributed by atoms with Crippen LogP contribution in [-0.2, 0) is 11.2 Å². The maximum Gasteiger partial charge on any atom is -0.0142 e. The number of rotatable bonds is 0. The fourth-order valence-corrected chi connectivity index (χ4v) is 0. The van der Waals surface area contributed by atoms with Crippen molar-refractivity contribution in [2.24, 2.45) is 5.14 Å². The second-order valence-electron chi connectivity index (χ2n) is 0.297. The quantitative estimate of drug-likeness (QED) is 0.421. The molecule has 4 heteroatoms. The number of nitrogens with one attached hydrogen (secondary N) is 1. The van der Waals surface area contributed by atoms with Gasteiger partial charge in [0.2, 0.25) is 0 Å². The minimum atomic E-state index is -1.86. The number of hydrogen-bond acceptors (Lipinski definition) is 1. The molecule has 1 unspecified atom stereocenters. The van der Waals surface area contributed by atoms with Crippen molar-refractivity contribution in [1.82, 2.24) is 0 Å². The van der Waals surface area contributed by atoms with Crippen LogP contribution >= 0.6 is 0 Å². The van der Waals surface area contributed by atoms with Crippen LogP contribution in [0, 0.1) is 0 Å². The zero-order valence-electron chi connectivity index (χ0n) is 1.89. The monoisotopic (exact) mass is 79.0 g/mol. The van der Waals surface area contributed by atoms with Gasteiger partial charge in [-0.25, -0.2) is 0 Å². The number of hydrogen-bond donors (Lipinski definition) is 1. The van der Waals surface area contributed by atoms with Crippen LogP contribution in [0.25, 0.3) is 5.14 Å². The first kappa shape index (κ1) is 4.07. The predicted molar refractivity (Wildman–Crippen MR) is 16.7 cm³/mol. The van der Waals surface area contributed by atoms with Crippen LogP contribution in [0.5, 0.6) is 0 Å². The Morgan fingerprint density at radius 2 is 2.00 bits per heavy atom. The summed E-state index contributed by atoms with van der Waals surface area (Å²) in [5, 5.41) is 10.1. The third kappa shape index (κ3) is 484. The van der Waals surface area contributed by atoms with E-state index in [1.54, 1.807) is 0 Å². The molecule has 0 saturated heterocycles. The van der Waals surface area contributed by atoms with Crippen molar-refractivity contribution in [2.45, 2.75) is 0 Å². The van der Waals surface area contributed by atoms with Crippen molar-refractivity contribution < 1.29 is 4.21 Å². The summed E-state index contributed by atoms with van der Waals surface area (Å²) in [7, 11) is 0. The topological polar surface area (TPSA) is 66.9 Å². The van der Waals surface area contributed by atoms with Gasteiger partial charge in [0.25, 0.3) is 0 Å². The summed E-state index contributed by atoms with van der Waals surface area (Å²) in [5.41, 5.74) is 0. The van der Waals surface area contributed by atoms with Gasteiger partial charge in [0, 0.05) is 0 Å². The molecule has 3 nitrogen and oxygen atoms in total. The molecule has 0 aliphatic rings. The summed E-state index contributed by atoms with van der Waals surface area (Å²) in [6.07, 6.45) is 0. The van der Waals surface area contributed by atoms with E-state index < -0.39 is 11.2 Å². The van der Waals surface area contributed by atoms with E-state index in [1.165, 1.54) is 0 Å². The van der Waals surface area contributed by atoms with Gasteiger partial charge in [0.05, 0.1) is 0 Å². The SMILES string of the molecule is [NH-]S(N)=O. The smallest absolute Gasteiger partial charge is 0.0142 e.